The average molecular weight is 444 g/mol. The summed E-state index contributed by atoms with van der Waals surface area (Å²) in [4.78, 5) is 16.3. The summed E-state index contributed by atoms with van der Waals surface area (Å²) >= 11 is 0. The fourth-order valence-corrected chi connectivity index (χ4v) is 2.38. The fraction of sp³-hybridized carbons (Fsp3) is 0.556. The van der Waals surface area contributed by atoms with Gasteiger partial charge < -0.3 is 16.4 Å². The molecular formula is C18H29IN4O. The number of rotatable bonds is 7. The third kappa shape index (κ3) is 7.07. The van der Waals surface area contributed by atoms with Gasteiger partial charge in [0.05, 0.1) is 6.54 Å². The molecule has 0 aliphatic heterocycles. The van der Waals surface area contributed by atoms with Gasteiger partial charge in [-0.3, -0.25) is 4.79 Å². The van der Waals surface area contributed by atoms with Gasteiger partial charge in [-0.1, -0.05) is 32.4 Å². The van der Waals surface area contributed by atoms with E-state index in [1.54, 1.807) is 0 Å². The van der Waals surface area contributed by atoms with Gasteiger partial charge in [0.2, 0.25) is 5.91 Å². The molecule has 1 aromatic rings. The van der Waals surface area contributed by atoms with E-state index < -0.39 is 0 Å². The highest BCUT2D eigenvalue weighted by molar-refractivity contribution is 14.0. The van der Waals surface area contributed by atoms with Crippen molar-refractivity contribution in [1.29, 1.82) is 0 Å². The Morgan fingerprint density at radius 3 is 2.75 bits per heavy atom. The minimum absolute atomic E-state index is 0. The van der Waals surface area contributed by atoms with Gasteiger partial charge in [-0.15, -0.1) is 24.0 Å². The number of amides is 1. The molecule has 0 radical (unpaired) electrons. The SMILES string of the molecule is CC(C)CCNC(N)=NCc1cccc(NC(=O)C2CCC2)c1.I. The van der Waals surface area contributed by atoms with Gasteiger partial charge in [0.25, 0.3) is 0 Å². The third-order valence-corrected chi connectivity index (χ3v) is 4.13. The predicted molar refractivity (Wildman–Crippen MR) is 111 cm³/mol. The van der Waals surface area contributed by atoms with E-state index in [9.17, 15) is 4.79 Å². The van der Waals surface area contributed by atoms with E-state index in [1.807, 2.05) is 24.3 Å². The quantitative estimate of drug-likeness (QED) is 0.342. The molecular weight excluding hydrogens is 415 g/mol. The summed E-state index contributed by atoms with van der Waals surface area (Å²) < 4.78 is 0. The Morgan fingerprint density at radius 2 is 2.12 bits per heavy atom. The van der Waals surface area contributed by atoms with Crippen molar-refractivity contribution in [3.05, 3.63) is 29.8 Å². The minimum Gasteiger partial charge on any atom is -0.370 e. The van der Waals surface area contributed by atoms with Gasteiger partial charge in [-0.05, 0) is 42.9 Å². The number of benzene rings is 1. The van der Waals surface area contributed by atoms with Crippen molar-refractivity contribution >= 4 is 41.5 Å². The zero-order valence-corrected chi connectivity index (χ0v) is 16.9. The summed E-state index contributed by atoms with van der Waals surface area (Å²) in [5.74, 6) is 1.44. The largest absolute Gasteiger partial charge is 0.370 e. The maximum absolute atomic E-state index is 12.0. The standard InChI is InChI=1S/C18H28N4O.HI/c1-13(2)9-10-20-18(19)21-12-14-5-3-8-16(11-14)22-17(23)15-6-4-7-15;/h3,5,8,11,13,15H,4,6-7,9-10,12H2,1-2H3,(H,22,23)(H3,19,20,21);1H. The molecule has 0 spiro atoms. The van der Waals surface area contributed by atoms with E-state index in [0.29, 0.717) is 18.4 Å². The molecule has 0 unspecified atom stereocenters. The number of guanidine groups is 1. The molecule has 5 nitrogen and oxygen atoms in total. The monoisotopic (exact) mass is 444 g/mol. The van der Waals surface area contributed by atoms with Crippen LogP contribution in [0.2, 0.25) is 0 Å². The molecule has 0 atom stereocenters. The Kier molecular flexibility index (Phi) is 9.10. The van der Waals surface area contributed by atoms with Crippen LogP contribution in [0.25, 0.3) is 0 Å². The fourth-order valence-electron chi connectivity index (χ4n) is 2.38. The second-order valence-electron chi connectivity index (χ2n) is 6.63. The van der Waals surface area contributed by atoms with E-state index in [0.717, 1.165) is 43.5 Å². The van der Waals surface area contributed by atoms with E-state index in [2.05, 4.69) is 29.5 Å². The maximum Gasteiger partial charge on any atom is 0.227 e. The number of carbonyl (C=O) groups excluding carboxylic acids is 1. The lowest BCUT2D eigenvalue weighted by Crippen LogP contribution is -2.32. The molecule has 1 aromatic carbocycles. The molecule has 0 aromatic heterocycles. The predicted octanol–water partition coefficient (Wildman–Crippen LogP) is 3.49. The average Bonchev–Trinajstić information content (AvgIpc) is 2.43. The van der Waals surface area contributed by atoms with Gasteiger partial charge in [-0.2, -0.15) is 0 Å². The van der Waals surface area contributed by atoms with Crippen LogP contribution in [0.5, 0.6) is 0 Å². The molecule has 0 bridgehead atoms. The number of anilines is 1. The number of nitrogens with two attached hydrogens (primary N) is 1. The summed E-state index contributed by atoms with van der Waals surface area (Å²) in [6, 6.07) is 7.79. The molecule has 1 aliphatic rings. The first-order valence-corrected chi connectivity index (χ1v) is 8.48. The first-order chi connectivity index (χ1) is 11.0. The summed E-state index contributed by atoms with van der Waals surface area (Å²) in [7, 11) is 0. The van der Waals surface area contributed by atoms with Crippen LogP contribution in [-0.4, -0.2) is 18.4 Å². The second kappa shape index (κ2) is 10.5. The third-order valence-electron chi connectivity index (χ3n) is 4.13. The molecule has 6 heteroatoms. The number of hydrogen-bond donors (Lipinski definition) is 3. The Hall–Kier alpha value is -1.31. The van der Waals surface area contributed by atoms with Crippen molar-refractivity contribution in [1.82, 2.24) is 5.32 Å². The molecule has 1 amide bonds. The van der Waals surface area contributed by atoms with Crippen LogP contribution in [0.3, 0.4) is 0 Å². The molecule has 1 aliphatic carbocycles. The maximum atomic E-state index is 12.0. The Bertz CT molecular complexity index is 556. The van der Waals surface area contributed by atoms with Gasteiger partial charge in [0.15, 0.2) is 5.96 Å². The highest BCUT2D eigenvalue weighted by Crippen LogP contribution is 2.27. The normalized spacial score (nSPS) is 14.7. The van der Waals surface area contributed by atoms with E-state index in [-0.39, 0.29) is 35.8 Å². The van der Waals surface area contributed by atoms with Gasteiger partial charge in [0, 0.05) is 18.2 Å². The number of halogens is 1. The highest BCUT2D eigenvalue weighted by Gasteiger charge is 2.25. The second-order valence-corrected chi connectivity index (χ2v) is 6.63. The number of nitrogens with zero attached hydrogens (tertiary/aromatic N) is 1. The molecule has 134 valence electrons. The zero-order chi connectivity index (χ0) is 16.7. The van der Waals surface area contributed by atoms with Crippen molar-refractivity contribution in [2.24, 2.45) is 22.6 Å². The van der Waals surface area contributed by atoms with Crippen molar-refractivity contribution in [3.8, 4) is 0 Å². The molecule has 1 saturated carbocycles. The van der Waals surface area contributed by atoms with Gasteiger partial charge in [0.1, 0.15) is 0 Å². The lowest BCUT2D eigenvalue weighted by Gasteiger charge is -2.24. The van der Waals surface area contributed by atoms with Crippen LogP contribution < -0.4 is 16.4 Å². The first-order valence-electron chi connectivity index (χ1n) is 8.48. The van der Waals surface area contributed by atoms with Crippen molar-refractivity contribution in [2.45, 2.75) is 46.1 Å². The van der Waals surface area contributed by atoms with Crippen LogP contribution in [0.4, 0.5) is 5.69 Å². The topological polar surface area (TPSA) is 79.5 Å². The molecule has 4 N–H and O–H groups in total. The molecule has 0 saturated heterocycles. The summed E-state index contributed by atoms with van der Waals surface area (Å²) in [5, 5.41) is 6.10. The molecule has 2 rings (SSSR count). The van der Waals surface area contributed by atoms with Crippen LogP contribution in [-0.2, 0) is 11.3 Å². The van der Waals surface area contributed by atoms with Crippen LogP contribution in [0.15, 0.2) is 29.3 Å². The van der Waals surface area contributed by atoms with Crippen molar-refractivity contribution < 1.29 is 4.79 Å². The van der Waals surface area contributed by atoms with Crippen LogP contribution >= 0.6 is 24.0 Å². The summed E-state index contributed by atoms with van der Waals surface area (Å²) in [6.07, 6.45) is 4.25. The van der Waals surface area contributed by atoms with E-state index in [4.69, 9.17) is 5.73 Å². The molecule has 1 fully saturated rings. The zero-order valence-electron chi connectivity index (χ0n) is 14.5. The number of aliphatic imine (C=N–C) groups is 1. The van der Waals surface area contributed by atoms with Crippen molar-refractivity contribution in [2.75, 3.05) is 11.9 Å². The van der Waals surface area contributed by atoms with Crippen LogP contribution in [0, 0.1) is 11.8 Å². The summed E-state index contributed by atoms with van der Waals surface area (Å²) in [5.41, 5.74) is 7.73. The lowest BCUT2D eigenvalue weighted by molar-refractivity contribution is -0.122. The molecule has 0 heterocycles. The smallest absolute Gasteiger partial charge is 0.227 e. The molecule has 24 heavy (non-hydrogen) atoms. The Labute approximate surface area is 161 Å². The van der Waals surface area contributed by atoms with Gasteiger partial charge in [-0.25, -0.2) is 4.99 Å². The Balaban J connectivity index is 0.00000288. The minimum atomic E-state index is 0. The van der Waals surface area contributed by atoms with Crippen molar-refractivity contribution in [3.63, 3.8) is 0 Å². The first kappa shape index (κ1) is 20.7. The van der Waals surface area contributed by atoms with Gasteiger partial charge >= 0.3 is 0 Å². The van der Waals surface area contributed by atoms with Crippen LogP contribution in [0.1, 0.15) is 45.1 Å². The van der Waals surface area contributed by atoms with E-state index in [1.165, 1.54) is 0 Å². The Morgan fingerprint density at radius 1 is 1.38 bits per heavy atom. The number of carbonyl (C=O) groups is 1. The highest BCUT2D eigenvalue weighted by atomic mass is 127. The lowest BCUT2D eigenvalue weighted by atomic mass is 9.85. The number of hydrogen-bond acceptors (Lipinski definition) is 2. The summed E-state index contributed by atoms with van der Waals surface area (Å²) in [6.45, 7) is 5.70. The number of nitrogens with one attached hydrogen (secondary N) is 2. The van der Waals surface area contributed by atoms with E-state index >= 15 is 0 Å².